The van der Waals surface area contributed by atoms with Crippen molar-refractivity contribution in [2.45, 2.75) is 9.79 Å². The van der Waals surface area contributed by atoms with E-state index in [9.17, 15) is 40.9 Å². The molecule has 0 aliphatic carbocycles. The molecule has 0 fully saturated rings. The molecule has 0 unspecified atom stereocenters. The van der Waals surface area contributed by atoms with E-state index in [2.05, 4.69) is 0 Å². The summed E-state index contributed by atoms with van der Waals surface area (Å²) in [5.41, 5.74) is -1.76. The first kappa shape index (κ1) is 21.4. The number of phenolic OH excluding ortho intramolecular Hbond substituents is 2. The van der Waals surface area contributed by atoms with E-state index in [0.29, 0.717) is 12.1 Å². The zero-order valence-electron chi connectivity index (χ0n) is 14.3. The highest BCUT2D eigenvalue weighted by atomic mass is 32.2. The first-order valence-corrected chi connectivity index (χ1v) is 10.0. The van der Waals surface area contributed by atoms with Crippen molar-refractivity contribution >= 4 is 26.0 Å². The molecule has 0 amide bonds. The Kier molecular flexibility index (Phi) is 5.57. The summed E-state index contributed by atoms with van der Waals surface area (Å²) in [7, 11) is -8.17. The molecule has 0 aromatic heterocycles. The zero-order chi connectivity index (χ0) is 21.4. The molecule has 0 saturated carbocycles. The Morgan fingerprint density at radius 3 is 1.32 bits per heavy atom. The maximum atomic E-state index is 12.9. The van der Waals surface area contributed by atoms with Gasteiger partial charge in [0.15, 0.2) is 5.78 Å². The van der Waals surface area contributed by atoms with E-state index in [1.54, 1.807) is 0 Å². The highest BCUT2D eigenvalue weighted by Gasteiger charge is 2.32. The fourth-order valence-electron chi connectivity index (χ4n) is 2.49. The number of carbonyl (C=O) groups is 1. The molecule has 0 atom stereocenters. The predicted molar refractivity (Wildman–Crippen MR) is 92.4 cm³/mol. The lowest BCUT2D eigenvalue weighted by Gasteiger charge is -2.15. The molecule has 0 radical (unpaired) electrons. The summed E-state index contributed by atoms with van der Waals surface area (Å²) in [5.74, 6) is -3.89. The van der Waals surface area contributed by atoms with Crippen molar-refractivity contribution < 1.29 is 50.4 Å². The highest BCUT2D eigenvalue weighted by molar-refractivity contribution is 7.86. The monoisotopic (exact) mass is 434 g/mol. The summed E-state index contributed by atoms with van der Waals surface area (Å²) in [6.07, 6.45) is 0. The van der Waals surface area contributed by atoms with Crippen LogP contribution in [0.4, 0.5) is 0 Å². The summed E-state index contributed by atoms with van der Waals surface area (Å²) < 4.78 is 75.5. The van der Waals surface area contributed by atoms with Crippen molar-refractivity contribution in [3.05, 3.63) is 35.4 Å². The van der Waals surface area contributed by atoms with Gasteiger partial charge in [-0.15, -0.1) is 0 Å². The first-order valence-electron chi connectivity index (χ1n) is 7.13. The molecule has 13 heteroatoms. The number of hydrogen-bond donors (Lipinski definition) is 4. The molecular weight excluding hydrogens is 420 g/mol. The van der Waals surface area contributed by atoms with Gasteiger partial charge in [-0.1, -0.05) is 0 Å². The van der Waals surface area contributed by atoms with Crippen LogP contribution in [0.15, 0.2) is 34.1 Å². The third-order valence-corrected chi connectivity index (χ3v) is 5.40. The summed E-state index contributed by atoms with van der Waals surface area (Å²) >= 11 is 0. The number of carbonyl (C=O) groups excluding carboxylic acids is 1. The van der Waals surface area contributed by atoms with Crippen LogP contribution >= 0.6 is 0 Å². The van der Waals surface area contributed by atoms with Crippen LogP contribution in [0.3, 0.4) is 0 Å². The Labute approximate surface area is 159 Å². The first-order chi connectivity index (χ1) is 12.8. The molecule has 0 bridgehead atoms. The van der Waals surface area contributed by atoms with E-state index >= 15 is 0 Å². The fraction of sp³-hybridized carbons (Fsp3) is 0.133. The maximum Gasteiger partial charge on any atom is 0.298 e. The number of rotatable bonds is 6. The van der Waals surface area contributed by atoms with E-state index in [1.165, 1.54) is 0 Å². The van der Waals surface area contributed by atoms with Crippen molar-refractivity contribution in [2.24, 2.45) is 0 Å². The van der Waals surface area contributed by atoms with Crippen LogP contribution in [0.1, 0.15) is 15.9 Å². The van der Waals surface area contributed by atoms with Gasteiger partial charge in [-0.25, -0.2) is 0 Å². The average molecular weight is 434 g/mol. The lowest BCUT2D eigenvalue weighted by molar-refractivity contribution is 0.103. The molecule has 4 N–H and O–H groups in total. The Morgan fingerprint density at radius 1 is 0.750 bits per heavy atom. The number of ketones is 1. The van der Waals surface area contributed by atoms with E-state index in [1.807, 2.05) is 0 Å². The standard InChI is InChI=1S/C15H14O11S2/c1-25-11-5-7(16)3-9(14(11)27(19,20)21)13(18)10-4-8(17)6-12(26-2)15(10)28(22,23)24/h3-6,16-17H,1-2H3,(H,19,20,21)(H,22,23,24). The van der Waals surface area contributed by atoms with Gasteiger partial charge in [0.1, 0.15) is 32.8 Å². The highest BCUT2D eigenvalue weighted by Crippen LogP contribution is 2.37. The van der Waals surface area contributed by atoms with Crippen molar-refractivity contribution in [3.63, 3.8) is 0 Å². The van der Waals surface area contributed by atoms with Gasteiger partial charge in [0, 0.05) is 12.1 Å². The van der Waals surface area contributed by atoms with Crippen molar-refractivity contribution in [2.75, 3.05) is 14.2 Å². The Hall–Kier alpha value is -2.87. The van der Waals surface area contributed by atoms with E-state index < -0.39 is 69.9 Å². The second kappa shape index (κ2) is 7.27. The third kappa shape index (κ3) is 4.01. The molecule has 0 heterocycles. The van der Waals surface area contributed by atoms with Gasteiger partial charge < -0.3 is 19.7 Å². The third-order valence-electron chi connectivity index (χ3n) is 3.52. The largest absolute Gasteiger partial charge is 0.508 e. The van der Waals surface area contributed by atoms with Gasteiger partial charge in [-0.3, -0.25) is 13.9 Å². The summed E-state index contributed by atoms with van der Waals surface area (Å²) in [4.78, 5) is 10.8. The molecule has 0 spiro atoms. The van der Waals surface area contributed by atoms with Crippen LogP contribution in [-0.4, -0.2) is 56.2 Å². The summed E-state index contributed by atoms with van der Waals surface area (Å²) in [5, 5.41) is 19.5. The second-order valence-electron chi connectivity index (χ2n) is 5.33. The van der Waals surface area contributed by atoms with E-state index in [-0.39, 0.29) is 0 Å². The maximum absolute atomic E-state index is 12.9. The molecule has 2 aromatic rings. The molecule has 0 aliphatic rings. The minimum atomic E-state index is -5.08. The number of ether oxygens (including phenoxy) is 2. The van der Waals surface area contributed by atoms with E-state index in [0.717, 1.165) is 26.4 Å². The fourth-order valence-corrected chi connectivity index (χ4v) is 4.15. The molecule has 2 aromatic carbocycles. The van der Waals surface area contributed by atoms with Crippen LogP contribution in [0.5, 0.6) is 23.0 Å². The number of hydrogen-bond acceptors (Lipinski definition) is 9. The minimum absolute atomic E-state index is 0.605. The number of benzene rings is 2. The van der Waals surface area contributed by atoms with Crippen LogP contribution in [0.2, 0.25) is 0 Å². The average Bonchev–Trinajstić information content (AvgIpc) is 2.57. The van der Waals surface area contributed by atoms with Crippen LogP contribution in [0, 0.1) is 0 Å². The summed E-state index contributed by atoms with van der Waals surface area (Å²) in [6, 6.07) is 2.87. The van der Waals surface area contributed by atoms with Crippen molar-refractivity contribution in [3.8, 4) is 23.0 Å². The Bertz CT molecular complexity index is 1070. The van der Waals surface area contributed by atoms with Gasteiger partial charge in [0.2, 0.25) is 0 Å². The zero-order valence-corrected chi connectivity index (χ0v) is 15.9. The van der Waals surface area contributed by atoms with E-state index in [4.69, 9.17) is 9.47 Å². The lowest BCUT2D eigenvalue weighted by Crippen LogP contribution is -2.15. The van der Waals surface area contributed by atoms with Crippen LogP contribution in [-0.2, 0) is 20.2 Å². The molecule has 0 aliphatic heterocycles. The van der Waals surface area contributed by atoms with Crippen LogP contribution < -0.4 is 9.47 Å². The second-order valence-corrected chi connectivity index (χ2v) is 8.05. The topological polar surface area (TPSA) is 185 Å². The predicted octanol–water partition coefficient (Wildman–Crippen LogP) is 0.839. The van der Waals surface area contributed by atoms with Crippen molar-refractivity contribution in [1.29, 1.82) is 0 Å². The Balaban J connectivity index is 2.97. The quantitative estimate of drug-likeness (QED) is 0.373. The van der Waals surface area contributed by atoms with Crippen molar-refractivity contribution in [1.82, 2.24) is 0 Å². The van der Waals surface area contributed by atoms with Gasteiger partial charge in [-0.05, 0) is 12.1 Å². The molecule has 152 valence electrons. The SMILES string of the molecule is COc1cc(O)cc(C(=O)c2cc(O)cc(OC)c2S(=O)(=O)O)c1S(=O)(=O)O. The van der Waals surface area contributed by atoms with Crippen LogP contribution in [0.25, 0.3) is 0 Å². The van der Waals surface area contributed by atoms with Gasteiger partial charge in [0.05, 0.1) is 25.3 Å². The molecule has 0 saturated heterocycles. The minimum Gasteiger partial charge on any atom is -0.508 e. The smallest absolute Gasteiger partial charge is 0.298 e. The number of methoxy groups -OCH3 is 2. The lowest BCUT2D eigenvalue weighted by atomic mass is 10.0. The molecular formula is C15H14O11S2. The molecule has 11 nitrogen and oxygen atoms in total. The number of aromatic hydroxyl groups is 2. The van der Waals surface area contributed by atoms with Gasteiger partial charge >= 0.3 is 0 Å². The number of phenols is 2. The van der Waals surface area contributed by atoms with Gasteiger partial charge in [-0.2, -0.15) is 16.8 Å². The molecule has 28 heavy (non-hydrogen) atoms. The molecule has 2 rings (SSSR count). The normalized spacial score (nSPS) is 11.9. The van der Waals surface area contributed by atoms with Gasteiger partial charge in [0.25, 0.3) is 20.2 Å². The Morgan fingerprint density at radius 2 is 1.07 bits per heavy atom. The summed E-state index contributed by atoms with van der Waals surface area (Å²) in [6.45, 7) is 0.